The topological polar surface area (TPSA) is 115 Å². The lowest BCUT2D eigenvalue weighted by Gasteiger charge is -2.16. The molecule has 0 unspecified atom stereocenters. The van der Waals surface area contributed by atoms with Crippen molar-refractivity contribution in [2.24, 2.45) is 28.8 Å². The molecular weight excluding hydrogens is 452 g/mol. The zero-order chi connectivity index (χ0) is 24.7. The Bertz CT molecular complexity index is 1200. The number of hydrogen-bond donors (Lipinski definition) is 1. The maximum atomic E-state index is 12.8. The molecule has 9 nitrogen and oxygen atoms in total. The highest BCUT2D eigenvalue weighted by Gasteiger charge is 2.59. The minimum atomic E-state index is -0.998. The highest BCUT2D eigenvalue weighted by atomic mass is 16.5. The number of hydrazone groups is 1. The standard InChI is InChI=1S/C26H24N2O7/c1-33-19-9-15(12-27-28-24(29)21-17-7-8-18(11-17)22(21)25(28)30)10-20(34-2)23(19)35-13-14-3-5-16(6-4-14)26(31)32/h3-10,12,17-18,21-22H,11,13H2,1-2H3,(H,31,32)/t17-,18-,21-,22+/m0/s1. The molecule has 5 rings (SSSR count). The van der Waals surface area contributed by atoms with Gasteiger partial charge in [0, 0.05) is 5.56 Å². The van der Waals surface area contributed by atoms with E-state index in [1.807, 2.05) is 12.2 Å². The van der Waals surface area contributed by atoms with Crippen LogP contribution >= 0.6 is 0 Å². The van der Waals surface area contributed by atoms with E-state index in [1.165, 1.54) is 32.6 Å². The Morgan fingerprint density at radius 1 is 1.03 bits per heavy atom. The summed E-state index contributed by atoms with van der Waals surface area (Å²) < 4.78 is 16.9. The summed E-state index contributed by atoms with van der Waals surface area (Å²) in [5, 5.41) is 14.2. The van der Waals surface area contributed by atoms with Crippen LogP contribution in [-0.2, 0) is 16.2 Å². The molecule has 2 aromatic carbocycles. The third-order valence-corrected chi connectivity index (χ3v) is 6.84. The summed E-state index contributed by atoms with van der Waals surface area (Å²) in [6.45, 7) is 0.163. The molecule has 2 aliphatic carbocycles. The molecule has 0 spiro atoms. The van der Waals surface area contributed by atoms with E-state index >= 15 is 0 Å². The van der Waals surface area contributed by atoms with Crippen molar-refractivity contribution in [3.05, 3.63) is 65.2 Å². The summed E-state index contributed by atoms with van der Waals surface area (Å²) in [4.78, 5) is 36.7. The highest BCUT2D eigenvalue weighted by molar-refractivity contribution is 6.06. The van der Waals surface area contributed by atoms with Gasteiger partial charge in [0.25, 0.3) is 11.8 Å². The number of allylic oxidation sites excluding steroid dienone is 2. The Balaban J connectivity index is 1.33. The maximum absolute atomic E-state index is 12.8. The summed E-state index contributed by atoms with van der Waals surface area (Å²) >= 11 is 0. The molecule has 2 aromatic rings. The van der Waals surface area contributed by atoms with Crippen LogP contribution in [0.5, 0.6) is 17.2 Å². The molecule has 1 saturated heterocycles. The second kappa shape index (κ2) is 8.90. The monoisotopic (exact) mass is 476 g/mol. The van der Waals surface area contributed by atoms with E-state index in [0.717, 1.165) is 17.0 Å². The van der Waals surface area contributed by atoms with E-state index in [9.17, 15) is 14.4 Å². The normalized spacial score (nSPS) is 24.3. The first-order chi connectivity index (χ1) is 16.9. The van der Waals surface area contributed by atoms with Gasteiger partial charge in [0.1, 0.15) is 6.61 Å². The minimum Gasteiger partial charge on any atom is -0.493 e. The Hall–Kier alpha value is -4.14. The van der Waals surface area contributed by atoms with E-state index in [-0.39, 0.29) is 47.7 Å². The molecule has 3 aliphatic rings. The smallest absolute Gasteiger partial charge is 0.335 e. The molecule has 2 fully saturated rings. The number of carbonyl (C=O) groups excluding carboxylic acids is 2. The van der Waals surface area contributed by atoms with E-state index in [2.05, 4.69) is 5.10 Å². The van der Waals surface area contributed by atoms with Crippen molar-refractivity contribution in [3.8, 4) is 17.2 Å². The lowest BCUT2D eigenvalue weighted by Crippen LogP contribution is -2.28. The molecule has 4 atom stereocenters. The number of carboxylic acid groups (broad SMARTS) is 1. The Labute approximate surface area is 201 Å². The highest BCUT2D eigenvalue weighted by Crippen LogP contribution is 2.52. The van der Waals surface area contributed by atoms with Gasteiger partial charge in [0.2, 0.25) is 5.75 Å². The van der Waals surface area contributed by atoms with Crippen LogP contribution in [-0.4, -0.2) is 48.3 Å². The molecular formula is C26H24N2O7. The van der Waals surface area contributed by atoms with Gasteiger partial charge in [-0.15, -0.1) is 0 Å². The van der Waals surface area contributed by atoms with Gasteiger partial charge < -0.3 is 19.3 Å². The minimum absolute atomic E-state index is 0.124. The lowest BCUT2D eigenvalue weighted by atomic mass is 9.85. The SMILES string of the molecule is COc1cc(C=NN2C(=O)[C@@H]3[C@H](C2=O)[C@H]2C=C[C@H]3C2)cc(OC)c1OCc1ccc(C(=O)O)cc1. The van der Waals surface area contributed by atoms with Crippen LogP contribution in [0, 0.1) is 23.7 Å². The molecule has 2 bridgehead atoms. The van der Waals surface area contributed by atoms with Gasteiger partial charge in [-0.05, 0) is 48.1 Å². The first-order valence-electron chi connectivity index (χ1n) is 11.2. The Morgan fingerprint density at radius 3 is 2.11 bits per heavy atom. The second-order valence-electron chi connectivity index (χ2n) is 8.78. The first kappa shape index (κ1) is 22.6. The van der Waals surface area contributed by atoms with Crippen LogP contribution < -0.4 is 14.2 Å². The molecule has 180 valence electrons. The number of carbonyl (C=O) groups is 3. The van der Waals surface area contributed by atoms with E-state index in [0.29, 0.717) is 22.8 Å². The van der Waals surface area contributed by atoms with E-state index < -0.39 is 5.97 Å². The maximum Gasteiger partial charge on any atom is 0.335 e. The largest absolute Gasteiger partial charge is 0.493 e. The van der Waals surface area contributed by atoms with Gasteiger partial charge in [-0.3, -0.25) is 9.59 Å². The number of nitrogens with zero attached hydrogens (tertiary/aromatic N) is 2. The zero-order valence-corrected chi connectivity index (χ0v) is 19.2. The number of imide groups is 1. The zero-order valence-electron chi connectivity index (χ0n) is 19.2. The van der Waals surface area contributed by atoms with Crippen LogP contribution in [0.15, 0.2) is 53.7 Å². The Kier molecular flexibility index (Phi) is 5.76. The number of ether oxygens (including phenoxy) is 3. The van der Waals surface area contributed by atoms with Crippen LogP contribution in [0.1, 0.15) is 27.9 Å². The number of benzene rings is 2. The molecule has 0 radical (unpaired) electrons. The number of hydrogen-bond acceptors (Lipinski definition) is 7. The Morgan fingerprint density at radius 2 is 1.60 bits per heavy atom. The number of rotatable bonds is 8. The lowest BCUT2D eigenvalue weighted by molar-refractivity contribution is -0.140. The number of aromatic carboxylic acids is 1. The first-order valence-corrected chi connectivity index (χ1v) is 11.2. The summed E-state index contributed by atoms with van der Waals surface area (Å²) in [5.74, 6) is -0.739. The van der Waals surface area contributed by atoms with Crippen molar-refractivity contribution in [2.75, 3.05) is 14.2 Å². The predicted molar refractivity (Wildman–Crippen MR) is 124 cm³/mol. The van der Waals surface area contributed by atoms with Gasteiger partial charge in [0.15, 0.2) is 11.5 Å². The van der Waals surface area contributed by atoms with Crippen LogP contribution in [0.3, 0.4) is 0 Å². The van der Waals surface area contributed by atoms with Crippen molar-refractivity contribution in [3.63, 3.8) is 0 Å². The summed E-state index contributed by atoms with van der Waals surface area (Å²) in [6, 6.07) is 9.70. The van der Waals surface area contributed by atoms with Gasteiger partial charge in [0.05, 0.1) is 37.8 Å². The van der Waals surface area contributed by atoms with E-state index in [1.54, 1.807) is 24.3 Å². The molecule has 1 heterocycles. The average Bonchev–Trinajstić information content (AvgIpc) is 3.55. The van der Waals surface area contributed by atoms with Gasteiger partial charge in [-0.2, -0.15) is 10.1 Å². The summed E-state index contributed by atoms with van der Waals surface area (Å²) in [6.07, 6.45) is 6.38. The number of amides is 2. The fourth-order valence-corrected chi connectivity index (χ4v) is 5.14. The van der Waals surface area contributed by atoms with Gasteiger partial charge >= 0.3 is 5.97 Å². The molecule has 9 heteroatoms. The van der Waals surface area contributed by atoms with Gasteiger partial charge in [-0.1, -0.05) is 24.3 Å². The van der Waals surface area contributed by atoms with Crippen molar-refractivity contribution in [1.29, 1.82) is 0 Å². The van der Waals surface area contributed by atoms with Crippen LogP contribution in [0.2, 0.25) is 0 Å². The van der Waals surface area contributed by atoms with E-state index in [4.69, 9.17) is 19.3 Å². The number of methoxy groups -OCH3 is 2. The molecule has 2 amide bonds. The second-order valence-corrected chi connectivity index (χ2v) is 8.78. The van der Waals surface area contributed by atoms with Crippen molar-refractivity contribution in [1.82, 2.24) is 5.01 Å². The molecule has 1 aliphatic heterocycles. The molecule has 1 saturated carbocycles. The third kappa shape index (κ3) is 3.92. The summed E-state index contributed by atoms with van der Waals surface area (Å²) in [5.41, 5.74) is 1.52. The fraction of sp³-hybridized carbons (Fsp3) is 0.308. The molecule has 35 heavy (non-hydrogen) atoms. The summed E-state index contributed by atoms with van der Waals surface area (Å²) in [7, 11) is 2.98. The third-order valence-electron chi connectivity index (χ3n) is 6.84. The van der Waals surface area contributed by atoms with Crippen LogP contribution in [0.25, 0.3) is 0 Å². The van der Waals surface area contributed by atoms with Crippen molar-refractivity contribution < 1.29 is 33.7 Å². The quantitative estimate of drug-likeness (QED) is 0.354. The predicted octanol–water partition coefficient (Wildman–Crippen LogP) is 3.12. The number of carboxylic acids is 1. The molecule has 1 N–H and O–H groups in total. The number of fused-ring (bicyclic) bond motifs is 5. The average molecular weight is 476 g/mol. The van der Waals surface area contributed by atoms with Crippen LogP contribution in [0.4, 0.5) is 0 Å². The van der Waals surface area contributed by atoms with Crippen molar-refractivity contribution >= 4 is 24.0 Å². The van der Waals surface area contributed by atoms with Gasteiger partial charge in [-0.25, -0.2) is 4.79 Å². The fourth-order valence-electron chi connectivity index (χ4n) is 5.14. The molecule has 0 aromatic heterocycles. The van der Waals surface area contributed by atoms with Crippen molar-refractivity contribution in [2.45, 2.75) is 13.0 Å².